The Bertz CT molecular complexity index is 727. The molecule has 2 aromatic rings. The standard InChI is InChI=1S/C20H26FN3OS/c1-2-17(13-24-9-4-3-5-10-24)22-19(25)12-18-14-26-20(23-18)15-7-6-8-16(21)11-15/h6-8,11,14,17H,2-5,9-10,12-13H2,1H3,(H,22,25)/t17-/m0/s1. The molecular formula is C20H26FN3OS. The van der Waals surface area contributed by atoms with E-state index >= 15 is 0 Å². The maximum atomic E-state index is 13.4. The van der Waals surface area contributed by atoms with Gasteiger partial charge in [-0.05, 0) is 44.5 Å². The Balaban J connectivity index is 1.54. The fourth-order valence-electron chi connectivity index (χ4n) is 3.32. The summed E-state index contributed by atoms with van der Waals surface area (Å²) in [6.07, 6.45) is 5.02. The Labute approximate surface area is 158 Å². The Morgan fingerprint density at radius 2 is 2.15 bits per heavy atom. The van der Waals surface area contributed by atoms with Crippen molar-refractivity contribution >= 4 is 17.2 Å². The van der Waals surface area contributed by atoms with E-state index in [0.29, 0.717) is 0 Å². The number of carbonyl (C=O) groups excluding carboxylic acids is 1. The van der Waals surface area contributed by atoms with Crippen LogP contribution in [0.25, 0.3) is 10.6 Å². The number of hydrogen-bond donors (Lipinski definition) is 1. The molecule has 140 valence electrons. The first-order valence-electron chi connectivity index (χ1n) is 9.36. The van der Waals surface area contributed by atoms with Crippen LogP contribution in [0.4, 0.5) is 4.39 Å². The molecule has 0 radical (unpaired) electrons. The highest BCUT2D eigenvalue weighted by Crippen LogP contribution is 2.24. The summed E-state index contributed by atoms with van der Waals surface area (Å²) in [6.45, 7) is 5.30. The van der Waals surface area contributed by atoms with E-state index in [0.717, 1.165) is 42.3 Å². The number of amides is 1. The molecule has 1 aliphatic heterocycles. The van der Waals surface area contributed by atoms with Crippen molar-refractivity contribution in [3.8, 4) is 10.6 Å². The van der Waals surface area contributed by atoms with E-state index < -0.39 is 0 Å². The molecule has 0 spiro atoms. The highest BCUT2D eigenvalue weighted by molar-refractivity contribution is 7.13. The summed E-state index contributed by atoms with van der Waals surface area (Å²) in [5.41, 5.74) is 1.48. The second-order valence-corrected chi connectivity index (χ2v) is 7.72. The normalized spacial score (nSPS) is 16.4. The first-order valence-corrected chi connectivity index (χ1v) is 10.2. The lowest BCUT2D eigenvalue weighted by atomic mass is 10.1. The van der Waals surface area contributed by atoms with Crippen LogP contribution in [-0.2, 0) is 11.2 Å². The predicted molar refractivity (Wildman–Crippen MR) is 104 cm³/mol. The van der Waals surface area contributed by atoms with E-state index in [-0.39, 0.29) is 24.2 Å². The molecule has 1 fully saturated rings. The summed E-state index contributed by atoms with van der Waals surface area (Å²) in [6, 6.07) is 6.57. The van der Waals surface area contributed by atoms with Gasteiger partial charge >= 0.3 is 0 Å². The number of thiazole rings is 1. The quantitative estimate of drug-likeness (QED) is 0.799. The molecule has 6 heteroatoms. The number of benzene rings is 1. The van der Waals surface area contributed by atoms with Crippen LogP contribution in [0.15, 0.2) is 29.6 Å². The van der Waals surface area contributed by atoms with Gasteiger partial charge in [0, 0.05) is 23.5 Å². The maximum Gasteiger partial charge on any atom is 0.226 e. The molecule has 26 heavy (non-hydrogen) atoms. The molecule has 4 nitrogen and oxygen atoms in total. The fraction of sp³-hybridized carbons (Fsp3) is 0.500. The number of nitrogens with zero attached hydrogens (tertiary/aromatic N) is 2. The van der Waals surface area contributed by atoms with Crippen LogP contribution in [0.5, 0.6) is 0 Å². The van der Waals surface area contributed by atoms with Crippen molar-refractivity contribution in [1.82, 2.24) is 15.2 Å². The van der Waals surface area contributed by atoms with Gasteiger partial charge in [0.2, 0.25) is 5.91 Å². The van der Waals surface area contributed by atoms with Gasteiger partial charge in [0.1, 0.15) is 10.8 Å². The van der Waals surface area contributed by atoms with Gasteiger partial charge in [0.15, 0.2) is 0 Å². The minimum absolute atomic E-state index is 0.00458. The summed E-state index contributed by atoms with van der Waals surface area (Å²) in [5.74, 6) is -0.273. The number of rotatable bonds is 7. The second kappa shape index (κ2) is 9.24. The molecule has 1 N–H and O–H groups in total. The number of aromatic nitrogens is 1. The van der Waals surface area contributed by atoms with Gasteiger partial charge in [-0.2, -0.15) is 0 Å². The van der Waals surface area contributed by atoms with E-state index in [9.17, 15) is 9.18 Å². The third-order valence-electron chi connectivity index (χ3n) is 4.75. The molecule has 1 saturated heterocycles. The monoisotopic (exact) mass is 375 g/mol. The van der Waals surface area contributed by atoms with E-state index in [1.54, 1.807) is 6.07 Å². The average Bonchev–Trinajstić information content (AvgIpc) is 3.10. The number of piperidine rings is 1. The first kappa shape index (κ1) is 19.0. The third-order valence-corrected chi connectivity index (χ3v) is 5.69. The third kappa shape index (κ3) is 5.35. The smallest absolute Gasteiger partial charge is 0.226 e. The summed E-state index contributed by atoms with van der Waals surface area (Å²) in [4.78, 5) is 19.3. The lowest BCUT2D eigenvalue weighted by Gasteiger charge is -2.30. The fourth-order valence-corrected chi connectivity index (χ4v) is 4.13. The van der Waals surface area contributed by atoms with E-state index in [1.165, 1.54) is 42.7 Å². The van der Waals surface area contributed by atoms with E-state index in [4.69, 9.17) is 0 Å². The topological polar surface area (TPSA) is 45.2 Å². The van der Waals surface area contributed by atoms with Crippen LogP contribution in [0.1, 0.15) is 38.3 Å². The maximum absolute atomic E-state index is 13.4. The number of halogens is 1. The number of carbonyl (C=O) groups is 1. The van der Waals surface area contributed by atoms with Crippen LogP contribution in [0.3, 0.4) is 0 Å². The first-order chi connectivity index (χ1) is 12.6. The van der Waals surface area contributed by atoms with Crippen molar-refractivity contribution in [2.45, 2.75) is 45.1 Å². The molecule has 0 unspecified atom stereocenters. The zero-order valence-corrected chi connectivity index (χ0v) is 16.0. The number of likely N-dealkylation sites (tertiary alicyclic amines) is 1. The molecule has 0 bridgehead atoms. The van der Waals surface area contributed by atoms with Crippen LogP contribution >= 0.6 is 11.3 Å². The van der Waals surface area contributed by atoms with Gasteiger partial charge in [-0.1, -0.05) is 25.5 Å². The van der Waals surface area contributed by atoms with Gasteiger partial charge < -0.3 is 10.2 Å². The summed E-state index contributed by atoms with van der Waals surface area (Å²) in [7, 11) is 0. The highest BCUT2D eigenvalue weighted by Gasteiger charge is 2.18. The average molecular weight is 376 g/mol. The molecule has 1 amide bonds. The predicted octanol–water partition coefficient (Wildman–Crippen LogP) is 3.87. The number of nitrogens with one attached hydrogen (secondary N) is 1. The minimum Gasteiger partial charge on any atom is -0.352 e. The SMILES string of the molecule is CC[C@@H](CN1CCCCC1)NC(=O)Cc1csc(-c2cccc(F)c2)n1. The van der Waals surface area contributed by atoms with Crippen molar-refractivity contribution in [3.05, 3.63) is 41.2 Å². The van der Waals surface area contributed by atoms with E-state index in [2.05, 4.69) is 22.1 Å². The highest BCUT2D eigenvalue weighted by atomic mass is 32.1. The largest absolute Gasteiger partial charge is 0.352 e. The van der Waals surface area contributed by atoms with Gasteiger partial charge in [0.05, 0.1) is 12.1 Å². The van der Waals surface area contributed by atoms with Gasteiger partial charge in [0.25, 0.3) is 0 Å². The molecular weight excluding hydrogens is 349 g/mol. The Morgan fingerprint density at radius 3 is 2.88 bits per heavy atom. The van der Waals surface area contributed by atoms with Crippen molar-refractivity contribution < 1.29 is 9.18 Å². The Hall–Kier alpha value is -1.79. The summed E-state index contributed by atoms with van der Waals surface area (Å²) < 4.78 is 13.4. The molecule has 2 heterocycles. The van der Waals surface area contributed by atoms with Crippen LogP contribution in [0, 0.1) is 5.82 Å². The lowest BCUT2D eigenvalue weighted by molar-refractivity contribution is -0.121. The Morgan fingerprint density at radius 1 is 1.35 bits per heavy atom. The van der Waals surface area contributed by atoms with Crippen molar-refractivity contribution in [2.24, 2.45) is 0 Å². The zero-order chi connectivity index (χ0) is 18.4. The van der Waals surface area contributed by atoms with Crippen LogP contribution in [0.2, 0.25) is 0 Å². The minimum atomic E-state index is -0.277. The van der Waals surface area contributed by atoms with Crippen molar-refractivity contribution in [3.63, 3.8) is 0 Å². The summed E-state index contributed by atoms with van der Waals surface area (Å²) >= 11 is 1.44. The lowest BCUT2D eigenvalue weighted by Crippen LogP contribution is -2.45. The molecule has 1 aromatic carbocycles. The van der Waals surface area contributed by atoms with Crippen LogP contribution < -0.4 is 5.32 Å². The molecule has 0 aliphatic carbocycles. The van der Waals surface area contributed by atoms with Crippen molar-refractivity contribution in [1.29, 1.82) is 0 Å². The van der Waals surface area contributed by atoms with Crippen molar-refractivity contribution in [2.75, 3.05) is 19.6 Å². The Kier molecular flexibility index (Phi) is 6.74. The second-order valence-electron chi connectivity index (χ2n) is 6.87. The van der Waals surface area contributed by atoms with Gasteiger partial charge in [-0.15, -0.1) is 11.3 Å². The molecule has 0 saturated carbocycles. The van der Waals surface area contributed by atoms with Crippen LogP contribution in [-0.4, -0.2) is 41.5 Å². The van der Waals surface area contributed by atoms with Gasteiger partial charge in [-0.25, -0.2) is 9.37 Å². The summed E-state index contributed by atoms with van der Waals surface area (Å²) in [5, 5.41) is 5.77. The molecule has 1 aromatic heterocycles. The number of hydrogen-bond acceptors (Lipinski definition) is 4. The van der Waals surface area contributed by atoms with E-state index in [1.807, 2.05) is 11.4 Å². The molecule has 3 rings (SSSR count). The van der Waals surface area contributed by atoms with Gasteiger partial charge in [-0.3, -0.25) is 4.79 Å². The molecule has 1 atom stereocenters. The zero-order valence-electron chi connectivity index (χ0n) is 15.2. The molecule has 1 aliphatic rings.